The zero-order valence-electron chi connectivity index (χ0n) is 9.41. The zero-order chi connectivity index (χ0) is 10.8. The molecule has 2 N–H and O–H groups in total. The molecule has 16 heavy (non-hydrogen) atoms. The van der Waals surface area contributed by atoms with Gasteiger partial charge in [-0.2, -0.15) is 4.98 Å². The molecule has 2 aliphatic heterocycles. The summed E-state index contributed by atoms with van der Waals surface area (Å²) in [5, 5.41) is 10.8. The molecule has 88 valence electrons. The Morgan fingerprint density at radius 3 is 3.06 bits per heavy atom. The van der Waals surface area contributed by atoms with Crippen LogP contribution in [0.3, 0.4) is 0 Å². The van der Waals surface area contributed by atoms with Crippen LogP contribution in [0.25, 0.3) is 0 Å². The smallest absolute Gasteiger partial charge is 0.231 e. The number of rotatable bonds is 3. The number of nitrogens with one attached hydrogen (secondary N) is 2. The molecule has 0 aliphatic carbocycles. The molecule has 2 unspecified atom stereocenters. The molecule has 5 nitrogen and oxygen atoms in total. The van der Waals surface area contributed by atoms with Crippen LogP contribution in [0.2, 0.25) is 0 Å². The topological polar surface area (TPSA) is 63.0 Å². The first-order chi connectivity index (χ1) is 7.92. The van der Waals surface area contributed by atoms with Crippen molar-refractivity contribution in [3.8, 4) is 0 Å². The molecule has 0 saturated carbocycles. The van der Waals surface area contributed by atoms with Crippen molar-refractivity contribution in [2.24, 2.45) is 0 Å². The van der Waals surface area contributed by atoms with Crippen LogP contribution in [0.1, 0.15) is 36.9 Å². The number of aromatic nitrogens is 2. The summed E-state index contributed by atoms with van der Waals surface area (Å²) in [6.07, 6.45) is 4.52. The molecule has 0 aromatic carbocycles. The Kier molecular flexibility index (Phi) is 2.88. The fourth-order valence-electron chi connectivity index (χ4n) is 2.53. The third-order valence-electron chi connectivity index (χ3n) is 3.48. The van der Waals surface area contributed by atoms with Gasteiger partial charge in [0.15, 0.2) is 5.82 Å². The molecule has 1 aromatic heterocycles. The molecule has 3 rings (SSSR count). The van der Waals surface area contributed by atoms with Crippen LogP contribution in [-0.2, 0) is 6.42 Å². The molecule has 3 heterocycles. The Bertz CT molecular complexity index is 340. The van der Waals surface area contributed by atoms with Crippen LogP contribution in [0.5, 0.6) is 0 Å². The third-order valence-corrected chi connectivity index (χ3v) is 3.48. The molecular weight excluding hydrogens is 204 g/mol. The SMILES string of the molecule is C1CNC(Cc2noc(C3CCNC3)n2)C1. The minimum Gasteiger partial charge on any atom is -0.339 e. The van der Waals surface area contributed by atoms with Gasteiger partial charge >= 0.3 is 0 Å². The molecule has 2 atom stereocenters. The maximum atomic E-state index is 5.33. The highest BCUT2D eigenvalue weighted by Gasteiger charge is 2.24. The molecule has 2 fully saturated rings. The summed E-state index contributed by atoms with van der Waals surface area (Å²) in [5.74, 6) is 2.11. The van der Waals surface area contributed by atoms with Crippen LogP contribution >= 0.6 is 0 Å². The molecule has 2 saturated heterocycles. The highest BCUT2D eigenvalue weighted by molar-refractivity contribution is 4.99. The summed E-state index contributed by atoms with van der Waals surface area (Å²) in [4.78, 5) is 4.50. The van der Waals surface area contributed by atoms with E-state index in [1.807, 2.05) is 0 Å². The van der Waals surface area contributed by atoms with Crippen LogP contribution in [-0.4, -0.2) is 35.8 Å². The van der Waals surface area contributed by atoms with Crippen molar-refractivity contribution in [3.05, 3.63) is 11.7 Å². The van der Waals surface area contributed by atoms with E-state index < -0.39 is 0 Å². The molecule has 0 spiro atoms. The summed E-state index contributed by atoms with van der Waals surface area (Å²) in [6.45, 7) is 3.16. The lowest BCUT2D eigenvalue weighted by molar-refractivity contribution is 0.353. The summed E-state index contributed by atoms with van der Waals surface area (Å²) in [5.41, 5.74) is 0. The Balaban J connectivity index is 1.62. The second kappa shape index (κ2) is 4.51. The van der Waals surface area contributed by atoms with Gasteiger partial charge in [0, 0.05) is 19.0 Å². The first-order valence-electron chi connectivity index (χ1n) is 6.18. The van der Waals surface area contributed by atoms with Crippen LogP contribution in [0.4, 0.5) is 0 Å². The van der Waals surface area contributed by atoms with Crippen LogP contribution < -0.4 is 10.6 Å². The second-order valence-corrected chi connectivity index (χ2v) is 4.74. The summed E-state index contributed by atoms with van der Waals surface area (Å²) >= 11 is 0. The van der Waals surface area contributed by atoms with Crippen molar-refractivity contribution in [2.75, 3.05) is 19.6 Å². The lowest BCUT2D eigenvalue weighted by Gasteiger charge is -2.05. The van der Waals surface area contributed by atoms with E-state index in [2.05, 4.69) is 20.8 Å². The standard InChI is InChI=1S/C11H18N4O/c1-2-9(13-4-1)6-10-14-11(16-15-10)8-3-5-12-7-8/h8-9,12-13H,1-7H2. The van der Waals surface area contributed by atoms with E-state index in [1.54, 1.807) is 0 Å². The van der Waals surface area contributed by atoms with Crippen molar-refractivity contribution >= 4 is 0 Å². The minimum absolute atomic E-state index is 0.429. The van der Waals surface area contributed by atoms with E-state index in [-0.39, 0.29) is 0 Å². The largest absolute Gasteiger partial charge is 0.339 e. The molecule has 1 aromatic rings. The lowest BCUT2D eigenvalue weighted by Crippen LogP contribution is -2.24. The van der Waals surface area contributed by atoms with Crippen LogP contribution in [0, 0.1) is 0 Å². The predicted octanol–water partition coefficient (Wildman–Crippen LogP) is 0.441. The molecule has 0 radical (unpaired) electrons. The average Bonchev–Trinajstić information content (AvgIpc) is 2.99. The Morgan fingerprint density at radius 1 is 1.31 bits per heavy atom. The maximum Gasteiger partial charge on any atom is 0.231 e. The Hall–Kier alpha value is -0.940. The first kappa shape index (κ1) is 10.2. The summed E-state index contributed by atoms with van der Waals surface area (Å²) < 4.78 is 5.33. The highest BCUT2D eigenvalue weighted by atomic mass is 16.5. The number of hydrogen-bond donors (Lipinski definition) is 2. The van der Waals surface area contributed by atoms with E-state index in [4.69, 9.17) is 4.52 Å². The van der Waals surface area contributed by atoms with E-state index in [9.17, 15) is 0 Å². The zero-order valence-corrected chi connectivity index (χ0v) is 9.41. The van der Waals surface area contributed by atoms with Crippen LogP contribution in [0.15, 0.2) is 4.52 Å². The molecule has 0 amide bonds. The summed E-state index contributed by atoms with van der Waals surface area (Å²) in [7, 11) is 0. The molecule has 0 bridgehead atoms. The van der Waals surface area contributed by atoms with Gasteiger partial charge in [-0.05, 0) is 32.4 Å². The van der Waals surface area contributed by atoms with Gasteiger partial charge in [-0.25, -0.2) is 0 Å². The maximum absolute atomic E-state index is 5.33. The third kappa shape index (κ3) is 2.10. The number of hydrogen-bond acceptors (Lipinski definition) is 5. The first-order valence-corrected chi connectivity index (χ1v) is 6.18. The second-order valence-electron chi connectivity index (χ2n) is 4.74. The van der Waals surface area contributed by atoms with Crippen molar-refractivity contribution in [1.82, 2.24) is 20.8 Å². The quantitative estimate of drug-likeness (QED) is 0.777. The van der Waals surface area contributed by atoms with E-state index >= 15 is 0 Å². The fourth-order valence-corrected chi connectivity index (χ4v) is 2.53. The van der Waals surface area contributed by atoms with Gasteiger partial charge in [-0.1, -0.05) is 5.16 Å². The lowest BCUT2D eigenvalue weighted by atomic mass is 10.1. The van der Waals surface area contributed by atoms with Gasteiger partial charge in [0.2, 0.25) is 5.89 Å². The fraction of sp³-hybridized carbons (Fsp3) is 0.818. The Labute approximate surface area is 95.0 Å². The molecular formula is C11H18N4O. The van der Waals surface area contributed by atoms with Crippen molar-refractivity contribution in [1.29, 1.82) is 0 Å². The van der Waals surface area contributed by atoms with E-state index in [0.29, 0.717) is 12.0 Å². The average molecular weight is 222 g/mol. The van der Waals surface area contributed by atoms with Gasteiger partial charge < -0.3 is 15.2 Å². The van der Waals surface area contributed by atoms with E-state index in [1.165, 1.54) is 12.8 Å². The highest BCUT2D eigenvalue weighted by Crippen LogP contribution is 2.20. The molecule has 2 aliphatic rings. The Morgan fingerprint density at radius 2 is 2.31 bits per heavy atom. The van der Waals surface area contributed by atoms with Gasteiger partial charge in [-0.3, -0.25) is 0 Å². The van der Waals surface area contributed by atoms with Gasteiger partial charge in [0.05, 0.1) is 5.92 Å². The normalized spacial score (nSPS) is 30.0. The monoisotopic (exact) mass is 222 g/mol. The number of nitrogens with zero attached hydrogens (tertiary/aromatic N) is 2. The van der Waals surface area contributed by atoms with Gasteiger partial charge in [0.25, 0.3) is 0 Å². The minimum atomic E-state index is 0.429. The summed E-state index contributed by atoms with van der Waals surface area (Å²) in [6, 6.07) is 0.548. The predicted molar refractivity (Wildman–Crippen MR) is 59.3 cm³/mol. The van der Waals surface area contributed by atoms with Gasteiger partial charge in [-0.15, -0.1) is 0 Å². The van der Waals surface area contributed by atoms with E-state index in [0.717, 1.165) is 44.2 Å². The van der Waals surface area contributed by atoms with Crippen molar-refractivity contribution < 1.29 is 4.52 Å². The van der Waals surface area contributed by atoms with Gasteiger partial charge in [0.1, 0.15) is 0 Å². The molecule has 5 heteroatoms. The van der Waals surface area contributed by atoms with Crippen molar-refractivity contribution in [2.45, 2.75) is 37.6 Å². The van der Waals surface area contributed by atoms with Crippen molar-refractivity contribution in [3.63, 3.8) is 0 Å².